The highest BCUT2D eigenvalue weighted by molar-refractivity contribution is 7.52. The number of aliphatic carboxylic acids is 1. The monoisotopic (exact) mass is 307 g/mol. The molecule has 1 unspecified atom stereocenters. The Kier molecular flexibility index (Phi) is 4.73. The third-order valence-corrected chi connectivity index (χ3v) is 3.85. The Morgan fingerprint density at radius 2 is 1.90 bits per heavy atom. The minimum atomic E-state index is -3.96. The summed E-state index contributed by atoms with van der Waals surface area (Å²) in [6, 6.07) is 11.3. The lowest BCUT2D eigenvalue weighted by molar-refractivity contribution is -0.136. The molecule has 2 rings (SSSR count). The maximum Gasteiger partial charge on any atom is 0.382 e. The van der Waals surface area contributed by atoms with Gasteiger partial charge < -0.3 is 14.5 Å². The lowest BCUT2D eigenvalue weighted by Crippen LogP contribution is -2.04. The van der Waals surface area contributed by atoms with E-state index in [2.05, 4.69) is 4.98 Å². The van der Waals surface area contributed by atoms with Crippen LogP contribution in [0.3, 0.4) is 0 Å². The van der Waals surface area contributed by atoms with Crippen LogP contribution >= 0.6 is 7.60 Å². The second-order valence-corrected chi connectivity index (χ2v) is 6.16. The smallest absolute Gasteiger partial charge is 0.382 e. The molecule has 1 aromatic carbocycles. The van der Waals surface area contributed by atoms with Crippen LogP contribution < -0.4 is 4.52 Å². The lowest BCUT2D eigenvalue weighted by Gasteiger charge is -2.15. The zero-order chi connectivity index (χ0) is 15.3. The summed E-state index contributed by atoms with van der Waals surface area (Å²) in [4.78, 5) is 24.7. The third kappa shape index (κ3) is 4.70. The zero-order valence-electron chi connectivity index (χ0n) is 11.0. The highest BCUT2D eigenvalue weighted by Crippen LogP contribution is 2.46. The number of hydrogen-bond donors (Lipinski definition) is 2. The molecule has 110 valence electrons. The van der Waals surface area contributed by atoms with Gasteiger partial charge in [-0.05, 0) is 18.2 Å². The summed E-state index contributed by atoms with van der Waals surface area (Å²) in [6.07, 6.45) is 1.00. The number of aromatic nitrogens is 1. The highest BCUT2D eigenvalue weighted by atomic mass is 31.2. The van der Waals surface area contributed by atoms with E-state index in [1.807, 2.05) is 0 Å². The van der Waals surface area contributed by atoms with Gasteiger partial charge >= 0.3 is 13.6 Å². The van der Waals surface area contributed by atoms with Crippen LogP contribution in [0.15, 0.2) is 48.7 Å². The Hall–Kier alpha value is -2.17. The molecule has 1 heterocycles. The standard InChI is InChI=1S/C14H14NO5P/c16-14(17)9-11-5-1-2-7-13(11)20-21(18,19)10-12-6-3-4-8-15-12/h1-8H,9-10H2,(H,16,17)(H,18,19). The molecule has 7 heteroatoms. The summed E-state index contributed by atoms with van der Waals surface area (Å²) < 4.78 is 17.3. The van der Waals surface area contributed by atoms with Crippen LogP contribution in [-0.4, -0.2) is 21.0 Å². The molecule has 0 aliphatic carbocycles. The Labute approximate surface area is 121 Å². The molecule has 0 bridgehead atoms. The predicted molar refractivity (Wildman–Crippen MR) is 76.2 cm³/mol. The van der Waals surface area contributed by atoms with Gasteiger partial charge in [0.1, 0.15) is 11.9 Å². The Bertz CT molecular complexity index is 674. The van der Waals surface area contributed by atoms with Gasteiger partial charge in [-0.15, -0.1) is 0 Å². The first kappa shape index (κ1) is 15.2. The number of benzene rings is 1. The summed E-state index contributed by atoms with van der Waals surface area (Å²) >= 11 is 0. The zero-order valence-corrected chi connectivity index (χ0v) is 11.9. The van der Waals surface area contributed by atoms with Gasteiger partial charge in [0.15, 0.2) is 0 Å². The SMILES string of the molecule is O=C(O)Cc1ccccc1OP(=O)(O)Cc1ccccn1. The van der Waals surface area contributed by atoms with Gasteiger partial charge in [0.2, 0.25) is 0 Å². The molecule has 0 fully saturated rings. The Balaban J connectivity index is 2.17. The van der Waals surface area contributed by atoms with E-state index in [9.17, 15) is 14.3 Å². The number of carboxylic acids is 1. The first-order chi connectivity index (χ1) is 9.96. The van der Waals surface area contributed by atoms with Gasteiger partial charge in [0.25, 0.3) is 0 Å². The van der Waals surface area contributed by atoms with Crippen molar-refractivity contribution in [2.75, 3.05) is 0 Å². The molecule has 0 aliphatic heterocycles. The molecule has 0 spiro atoms. The maximum absolute atomic E-state index is 12.1. The lowest BCUT2D eigenvalue weighted by atomic mass is 10.1. The second kappa shape index (κ2) is 6.52. The minimum Gasteiger partial charge on any atom is -0.481 e. The number of pyridine rings is 1. The van der Waals surface area contributed by atoms with Crippen LogP contribution in [-0.2, 0) is 21.9 Å². The fraction of sp³-hybridized carbons (Fsp3) is 0.143. The van der Waals surface area contributed by atoms with Gasteiger partial charge in [-0.3, -0.25) is 9.78 Å². The number of carbonyl (C=O) groups is 1. The molecule has 0 saturated carbocycles. The van der Waals surface area contributed by atoms with E-state index in [0.29, 0.717) is 11.3 Å². The molecule has 1 aromatic heterocycles. The predicted octanol–water partition coefficient (Wildman–Crippen LogP) is 2.47. The van der Waals surface area contributed by atoms with Crippen molar-refractivity contribution in [1.82, 2.24) is 4.98 Å². The molecule has 2 aromatic rings. The van der Waals surface area contributed by atoms with E-state index in [1.54, 1.807) is 36.4 Å². The topological polar surface area (TPSA) is 96.7 Å². The number of carboxylic acid groups (broad SMARTS) is 1. The van der Waals surface area contributed by atoms with Crippen LogP contribution in [0.1, 0.15) is 11.3 Å². The van der Waals surface area contributed by atoms with Gasteiger partial charge in [0.05, 0.1) is 12.1 Å². The van der Waals surface area contributed by atoms with Crippen molar-refractivity contribution < 1.29 is 23.9 Å². The molecule has 6 nitrogen and oxygen atoms in total. The van der Waals surface area contributed by atoms with Crippen LogP contribution in [0.2, 0.25) is 0 Å². The summed E-state index contributed by atoms with van der Waals surface area (Å²) in [5.41, 5.74) is 0.777. The second-order valence-electron chi connectivity index (χ2n) is 4.39. The number of nitrogens with zero attached hydrogens (tertiary/aromatic N) is 1. The average Bonchev–Trinajstić information content (AvgIpc) is 2.41. The van der Waals surface area contributed by atoms with Crippen molar-refractivity contribution in [3.63, 3.8) is 0 Å². The molecule has 21 heavy (non-hydrogen) atoms. The van der Waals surface area contributed by atoms with Gasteiger partial charge in [-0.2, -0.15) is 0 Å². The van der Waals surface area contributed by atoms with Gasteiger partial charge in [-0.1, -0.05) is 24.3 Å². The summed E-state index contributed by atoms with van der Waals surface area (Å²) in [5.74, 6) is -0.940. The molecule has 1 atom stereocenters. The number of rotatable bonds is 6. The van der Waals surface area contributed by atoms with E-state index in [1.165, 1.54) is 12.3 Å². The van der Waals surface area contributed by atoms with Crippen LogP contribution in [0.4, 0.5) is 0 Å². The third-order valence-electron chi connectivity index (χ3n) is 2.64. The minimum absolute atomic E-state index is 0.0988. The van der Waals surface area contributed by atoms with E-state index in [4.69, 9.17) is 9.63 Å². The van der Waals surface area contributed by atoms with Crippen molar-refractivity contribution in [3.05, 3.63) is 59.9 Å². The van der Waals surface area contributed by atoms with E-state index < -0.39 is 13.6 Å². The van der Waals surface area contributed by atoms with Crippen molar-refractivity contribution >= 4 is 13.6 Å². The summed E-state index contributed by atoms with van der Waals surface area (Å²) in [6.45, 7) is 0. The van der Waals surface area contributed by atoms with Crippen LogP contribution in [0, 0.1) is 0 Å². The molecule has 0 amide bonds. The molecule has 0 saturated heterocycles. The molecule has 0 radical (unpaired) electrons. The normalized spacial score (nSPS) is 13.4. The number of para-hydroxylation sites is 1. The van der Waals surface area contributed by atoms with E-state index >= 15 is 0 Å². The van der Waals surface area contributed by atoms with Crippen molar-refractivity contribution in [2.45, 2.75) is 12.6 Å². The fourth-order valence-corrected chi connectivity index (χ4v) is 2.93. The molecule has 2 N–H and O–H groups in total. The Morgan fingerprint density at radius 3 is 2.57 bits per heavy atom. The Morgan fingerprint density at radius 1 is 1.19 bits per heavy atom. The van der Waals surface area contributed by atoms with Crippen LogP contribution in [0.5, 0.6) is 5.75 Å². The average molecular weight is 307 g/mol. The van der Waals surface area contributed by atoms with Gasteiger partial charge in [0, 0.05) is 11.8 Å². The maximum atomic E-state index is 12.1. The molecule has 0 aliphatic rings. The number of hydrogen-bond acceptors (Lipinski definition) is 4. The van der Waals surface area contributed by atoms with Gasteiger partial charge in [-0.25, -0.2) is 4.57 Å². The highest BCUT2D eigenvalue weighted by Gasteiger charge is 2.24. The summed E-state index contributed by atoms with van der Waals surface area (Å²) in [5, 5.41) is 8.83. The molecular weight excluding hydrogens is 293 g/mol. The van der Waals surface area contributed by atoms with Crippen molar-refractivity contribution in [3.8, 4) is 5.75 Å². The van der Waals surface area contributed by atoms with E-state index in [0.717, 1.165) is 0 Å². The molecular formula is C14H14NO5P. The first-order valence-corrected chi connectivity index (χ1v) is 7.93. The van der Waals surface area contributed by atoms with Crippen molar-refractivity contribution in [1.29, 1.82) is 0 Å². The first-order valence-electron chi connectivity index (χ1n) is 6.17. The van der Waals surface area contributed by atoms with E-state index in [-0.39, 0.29) is 18.3 Å². The largest absolute Gasteiger partial charge is 0.481 e. The quantitative estimate of drug-likeness (QED) is 0.796. The van der Waals surface area contributed by atoms with Crippen molar-refractivity contribution in [2.24, 2.45) is 0 Å². The van der Waals surface area contributed by atoms with Crippen LogP contribution in [0.25, 0.3) is 0 Å². The summed E-state index contributed by atoms with van der Waals surface area (Å²) in [7, 11) is -3.96. The fourth-order valence-electron chi connectivity index (χ4n) is 1.78.